The van der Waals surface area contributed by atoms with Gasteiger partial charge < -0.3 is 5.32 Å². The molecule has 0 radical (unpaired) electrons. The molecule has 1 amide bonds. The standard InChI is InChI=1S/C25H27N3O3S2/c29-24(27-22-8-5-20(6-9-22)25-26-13-16-32-25)19-11-14-28(15-12-19)33(30,31)23-10-7-18-3-1-2-4-21(18)17-23/h5-10,13,16-17,19H,1-4,11-12,14-15H2,(H,27,29). The Morgan fingerprint density at radius 3 is 2.42 bits per heavy atom. The van der Waals surface area contributed by atoms with Gasteiger partial charge in [0.05, 0.1) is 4.90 Å². The van der Waals surface area contributed by atoms with Gasteiger partial charge in [-0.25, -0.2) is 13.4 Å². The summed E-state index contributed by atoms with van der Waals surface area (Å²) in [5.41, 5.74) is 4.20. The van der Waals surface area contributed by atoms with Crippen LogP contribution in [-0.2, 0) is 27.7 Å². The van der Waals surface area contributed by atoms with E-state index in [0.717, 1.165) is 41.1 Å². The number of thiazole rings is 1. The van der Waals surface area contributed by atoms with Gasteiger partial charge in [0.2, 0.25) is 15.9 Å². The Balaban J connectivity index is 1.19. The molecule has 1 fully saturated rings. The molecule has 1 saturated heterocycles. The molecule has 3 aromatic rings. The number of fused-ring (bicyclic) bond motifs is 1. The van der Waals surface area contributed by atoms with E-state index < -0.39 is 10.0 Å². The number of piperidine rings is 1. The van der Waals surface area contributed by atoms with E-state index in [1.54, 1.807) is 23.6 Å². The van der Waals surface area contributed by atoms with E-state index in [1.165, 1.54) is 16.3 Å². The van der Waals surface area contributed by atoms with E-state index in [1.807, 2.05) is 41.8 Å². The van der Waals surface area contributed by atoms with Crippen molar-refractivity contribution in [2.75, 3.05) is 18.4 Å². The Labute approximate surface area is 198 Å². The summed E-state index contributed by atoms with van der Waals surface area (Å²) in [4.78, 5) is 17.5. The fourth-order valence-electron chi connectivity index (χ4n) is 4.68. The summed E-state index contributed by atoms with van der Waals surface area (Å²) in [5, 5.41) is 5.86. The average molecular weight is 482 g/mol. The van der Waals surface area contributed by atoms with Crippen LogP contribution in [0.4, 0.5) is 5.69 Å². The molecule has 0 unspecified atom stereocenters. The molecule has 172 valence electrons. The predicted octanol–water partition coefficient (Wildman–Crippen LogP) is 4.73. The van der Waals surface area contributed by atoms with Gasteiger partial charge in [-0.15, -0.1) is 11.3 Å². The lowest BCUT2D eigenvalue weighted by atomic mass is 9.92. The number of aromatic nitrogens is 1. The maximum Gasteiger partial charge on any atom is 0.243 e. The number of nitrogens with one attached hydrogen (secondary N) is 1. The molecule has 6 nitrogen and oxygen atoms in total. The van der Waals surface area contributed by atoms with Gasteiger partial charge in [-0.1, -0.05) is 6.07 Å². The fraction of sp³-hybridized carbons (Fsp3) is 0.360. The van der Waals surface area contributed by atoms with Gasteiger partial charge in [0.15, 0.2) is 0 Å². The molecule has 33 heavy (non-hydrogen) atoms. The van der Waals surface area contributed by atoms with Gasteiger partial charge >= 0.3 is 0 Å². The fourth-order valence-corrected chi connectivity index (χ4v) is 6.85. The Bertz CT molecular complexity index is 1230. The molecule has 0 atom stereocenters. The lowest BCUT2D eigenvalue weighted by Crippen LogP contribution is -2.41. The molecule has 1 N–H and O–H groups in total. The van der Waals surface area contributed by atoms with Gasteiger partial charge in [0.25, 0.3) is 0 Å². The number of amides is 1. The molecular formula is C25H27N3O3S2. The first-order valence-electron chi connectivity index (χ1n) is 11.4. The van der Waals surface area contributed by atoms with Gasteiger partial charge in [0, 0.05) is 41.8 Å². The van der Waals surface area contributed by atoms with Crippen molar-refractivity contribution in [2.45, 2.75) is 43.4 Å². The first-order valence-corrected chi connectivity index (χ1v) is 13.8. The summed E-state index contributed by atoms with van der Waals surface area (Å²) in [6.07, 6.45) is 7.08. The maximum atomic E-state index is 13.2. The summed E-state index contributed by atoms with van der Waals surface area (Å²) in [6.45, 7) is 0.723. The molecule has 1 aliphatic heterocycles. The molecule has 1 aliphatic carbocycles. The number of nitrogens with zero attached hydrogens (tertiary/aromatic N) is 2. The van der Waals surface area contributed by atoms with E-state index >= 15 is 0 Å². The van der Waals surface area contributed by atoms with Crippen LogP contribution >= 0.6 is 11.3 Å². The molecule has 2 heterocycles. The van der Waals surface area contributed by atoms with Crippen molar-refractivity contribution in [3.63, 3.8) is 0 Å². The number of carbonyl (C=O) groups is 1. The summed E-state index contributed by atoms with van der Waals surface area (Å²) in [6, 6.07) is 13.2. The van der Waals surface area contributed by atoms with E-state index in [0.29, 0.717) is 30.8 Å². The highest BCUT2D eigenvalue weighted by Gasteiger charge is 2.32. The van der Waals surface area contributed by atoms with Crippen LogP contribution in [0.1, 0.15) is 36.8 Å². The van der Waals surface area contributed by atoms with E-state index in [2.05, 4.69) is 10.3 Å². The summed E-state index contributed by atoms with van der Waals surface area (Å²) >= 11 is 1.57. The number of benzene rings is 2. The minimum Gasteiger partial charge on any atom is -0.326 e. The quantitative estimate of drug-likeness (QED) is 0.571. The molecule has 0 saturated carbocycles. The highest BCUT2D eigenvalue weighted by Crippen LogP contribution is 2.29. The molecule has 2 aliphatic rings. The number of anilines is 1. The highest BCUT2D eigenvalue weighted by atomic mass is 32.2. The lowest BCUT2D eigenvalue weighted by molar-refractivity contribution is -0.120. The van der Waals surface area contributed by atoms with Crippen LogP contribution in [-0.4, -0.2) is 36.7 Å². The number of rotatable bonds is 5. The van der Waals surface area contributed by atoms with Crippen LogP contribution in [0.25, 0.3) is 10.6 Å². The van der Waals surface area contributed by atoms with Gasteiger partial charge in [-0.05, 0) is 86.1 Å². The van der Waals surface area contributed by atoms with Crippen LogP contribution in [0.15, 0.2) is 58.9 Å². The first kappa shape index (κ1) is 22.3. The second kappa shape index (κ2) is 9.37. The molecule has 8 heteroatoms. The lowest BCUT2D eigenvalue weighted by Gasteiger charge is -2.31. The van der Waals surface area contributed by atoms with Crippen LogP contribution in [0, 0.1) is 5.92 Å². The highest BCUT2D eigenvalue weighted by molar-refractivity contribution is 7.89. The first-order chi connectivity index (χ1) is 16.0. The number of aryl methyl sites for hydroxylation is 2. The zero-order valence-electron chi connectivity index (χ0n) is 18.4. The third-order valence-electron chi connectivity index (χ3n) is 6.61. The summed E-state index contributed by atoms with van der Waals surface area (Å²) in [5.74, 6) is -0.249. The zero-order chi connectivity index (χ0) is 22.8. The number of carbonyl (C=O) groups excluding carboxylic acids is 1. The topological polar surface area (TPSA) is 79.4 Å². The van der Waals surface area contributed by atoms with Gasteiger partial charge in [0.1, 0.15) is 5.01 Å². The summed E-state index contributed by atoms with van der Waals surface area (Å²) in [7, 11) is -3.53. The number of hydrogen-bond donors (Lipinski definition) is 1. The zero-order valence-corrected chi connectivity index (χ0v) is 20.0. The van der Waals surface area contributed by atoms with Gasteiger partial charge in [-0.3, -0.25) is 4.79 Å². The number of sulfonamides is 1. The minimum atomic E-state index is -3.53. The smallest absolute Gasteiger partial charge is 0.243 e. The molecule has 0 spiro atoms. The van der Waals surface area contributed by atoms with Crippen molar-refractivity contribution in [2.24, 2.45) is 5.92 Å². The van der Waals surface area contributed by atoms with E-state index in [4.69, 9.17) is 0 Å². The van der Waals surface area contributed by atoms with Crippen molar-refractivity contribution in [3.05, 3.63) is 65.2 Å². The van der Waals surface area contributed by atoms with Gasteiger partial charge in [-0.2, -0.15) is 4.31 Å². The Hall–Kier alpha value is -2.55. The Kier molecular flexibility index (Phi) is 6.32. The Morgan fingerprint density at radius 1 is 1.00 bits per heavy atom. The maximum absolute atomic E-state index is 13.2. The van der Waals surface area contributed by atoms with Crippen molar-refractivity contribution in [1.29, 1.82) is 0 Å². The molecule has 2 aromatic carbocycles. The molecule has 5 rings (SSSR count). The van der Waals surface area contributed by atoms with Crippen LogP contribution in [0.5, 0.6) is 0 Å². The average Bonchev–Trinajstić information content (AvgIpc) is 3.39. The second-order valence-corrected chi connectivity index (χ2v) is 11.6. The van der Waals surface area contributed by atoms with Crippen LogP contribution < -0.4 is 5.32 Å². The normalized spacial score (nSPS) is 17.5. The largest absolute Gasteiger partial charge is 0.326 e. The minimum absolute atomic E-state index is 0.0529. The van der Waals surface area contributed by atoms with Crippen molar-refractivity contribution in [3.8, 4) is 10.6 Å². The van der Waals surface area contributed by atoms with Crippen LogP contribution in [0.3, 0.4) is 0 Å². The van der Waals surface area contributed by atoms with Crippen molar-refractivity contribution < 1.29 is 13.2 Å². The number of hydrogen-bond acceptors (Lipinski definition) is 5. The molecular weight excluding hydrogens is 454 g/mol. The third-order valence-corrected chi connectivity index (χ3v) is 9.33. The molecule has 1 aromatic heterocycles. The third kappa shape index (κ3) is 4.74. The van der Waals surface area contributed by atoms with Crippen molar-refractivity contribution >= 4 is 33.0 Å². The second-order valence-electron chi connectivity index (χ2n) is 8.72. The van der Waals surface area contributed by atoms with E-state index in [9.17, 15) is 13.2 Å². The summed E-state index contributed by atoms with van der Waals surface area (Å²) < 4.78 is 27.9. The van der Waals surface area contributed by atoms with E-state index in [-0.39, 0.29) is 11.8 Å². The van der Waals surface area contributed by atoms with Crippen LogP contribution in [0.2, 0.25) is 0 Å². The molecule has 0 bridgehead atoms. The monoisotopic (exact) mass is 481 g/mol. The Morgan fingerprint density at radius 2 is 1.73 bits per heavy atom. The SMILES string of the molecule is O=C(Nc1ccc(-c2nccs2)cc1)C1CCN(S(=O)(=O)c2ccc3c(c2)CCCC3)CC1. The van der Waals surface area contributed by atoms with Crippen molar-refractivity contribution in [1.82, 2.24) is 9.29 Å². The predicted molar refractivity (Wildman–Crippen MR) is 131 cm³/mol.